The third-order valence-corrected chi connectivity index (χ3v) is 6.99. The molecule has 1 aromatic heterocycles. The van der Waals surface area contributed by atoms with E-state index in [1.807, 2.05) is 17.0 Å². The number of aromatic nitrogens is 1. The Morgan fingerprint density at radius 3 is 2.71 bits per heavy atom. The van der Waals surface area contributed by atoms with Gasteiger partial charge < -0.3 is 9.47 Å². The van der Waals surface area contributed by atoms with Crippen molar-refractivity contribution in [2.24, 2.45) is 4.99 Å². The van der Waals surface area contributed by atoms with Gasteiger partial charge in [-0.1, -0.05) is 35.3 Å². The second kappa shape index (κ2) is 9.60. The lowest BCUT2D eigenvalue weighted by molar-refractivity contribution is -0.127. The van der Waals surface area contributed by atoms with Crippen LogP contribution in [0.1, 0.15) is 30.4 Å². The molecule has 0 spiro atoms. The van der Waals surface area contributed by atoms with Crippen LogP contribution in [0.4, 0.5) is 5.69 Å². The molecule has 0 aliphatic carbocycles. The first kappa shape index (κ1) is 22.1. The van der Waals surface area contributed by atoms with E-state index in [0.717, 1.165) is 59.8 Å². The van der Waals surface area contributed by atoms with Crippen LogP contribution < -0.4 is 4.80 Å². The number of halogens is 2. The molecule has 0 N–H and O–H groups in total. The fourth-order valence-electron chi connectivity index (χ4n) is 3.85. The predicted molar refractivity (Wildman–Crippen MR) is 129 cm³/mol. The molecule has 2 heterocycles. The van der Waals surface area contributed by atoms with Gasteiger partial charge in [0.15, 0.2) is 4.80 Å². The van der Waals surface area contributed by atoms with Gasteiger partial charge in [-0.05, 0) is 62.1 Å². The average Bonchev–Trinajstić information content (AvgIpc) is 3.33. The number of thiazole rings is 1. The van der Waals surface area contributed by atoms with Crippen LogP contribution in [-0.2, 0) is 11.3 Å². The number of nitrogens with zero attached hydrogens (tertiary/aromatic N) is 3. The van der Waals surface area contributed by atoms with Gasteiger partial charge in [0.1, 0.15) is 0 Å². The maximum atomic E-state index is 12.0. The Labute approximate surface area is 196 Å². The van der Waals surface area contributed by atoms with Crippen molar-refractivity contribution in [3.05, 3.63) is 67.8 Å². The van der Waals surface area contributed by atoms with Crippen LogP contribution in [0, 0.1) is 13.8 Å². The lowest BCUT2D eigenvalue weighted by Crippen LogP contribution is -2.27. The SMILES string of the molecule is Cc1ccc(C)c(N=c2scc(-c3cc(Cl)ccc3Cl)n2CCCN2CCCC2=O)c1. The van der Waals surface area contributed by atoms with Gasteiger partial charge in [-0.2, -0.15) is 0 Å². The first-order valence-electron chi connectivity index (χ1n) is 10.5. The summed E-state index contributed by atoms with van der Waals surface area (Å²) in [7, 11) is 0. The Bertz CT molecular complexity index is 1180. The molecule has 1 aliphatic heterocycles. The number of hydrogen-bond donors (Lipinski definition) is 0. The van der Waals surface area contributed by atoms with E-state index in [0.29, 0.717) is 16.5 Å². The van der Waals surface area contributed by atoms with Gasteiger partial charge in [0, 0.05) is 42.0 Å². The zero-order valence-corrected chi connectivity index (χ0v) is 20.0. The van der Waals surface area contributed by atoms with Gasteiger partial charge in [-0.25, -0.2) is 4.99 Å². The van der Waals surface area contributed by atoms with Crippen LogP contribution in [0.3, 0.4) is 0 Å². The van der Waals surface area contributed by atoms with Crippen molar-refractivity contribution in [1.82, 2.24) is 9.47 Å². The molecular formula is C24H25Cl2N3OS. The van der Waals surface area contributed by atoms with E-state index in [4.69, 9.17) is 28.2 Å². The minimum atomic E-state index is 0.258. The summed E-state index contributed by atoms with van der Waals surface area (Å²) in [6, 6.07) is 11.8. The highest BCUT2D eigenvalue weighted by Gasteiger charge is 2.20. The van der Waals surface area contributed by atoms with E-state index in [9.17, 15) is 4.79 Å². The molecular weight excluding hydrogens is 449 g/mol. The molecule has 0 bridgehead atoms. The van der Waals surface area contributed by atoms with Crippen molar-refractivity contribution in [3.63, 3.8) is 0 Å². The predicted octanol–water partition coefficient (Wildman–Crippen LogP) is 6.39. The first-order chi connectivity index (χ1) is 14.9. The Morgan fingerprint density at radius 1 is 1.10 bits per heavy atom. The highest BCUT2D eigenvalue weighted by Crippen LogP contribution is 2.31. The van der Waals surface area contributed by atoms with Gasteiger partial charge in [-0.3, -0.25) is 4.79 Å². The number of carbonyl (C=O) groups is 1. The van der Waals surface area contributed by atoms with Gasteiger partial charge in [0.05, 0.1) is 16.4 Å². The first-order valence-corrected chi connectivity index (χ1v) is 12.1. The molecule has 2 aromatic carbocycles. The number of rotatable bonds is 6. The Kier molecular flexibility index (Phi) is 6.85. The van der Waals surface area contributed by atoms with Gasteiger partial charge in [0.25, 0.3) is 0 Å². The number of likely N-dealkylation sites (tertiary alicyclic amines) is 1. The van der Waals surface area contributed by atoms with Crippen LogP contribution >= 0.6 is 34.5 Å². The van der Waals surface area contributed by atoms with Crippen molar-refractivity contribution in [1.29, 1.82) is 0 Å². The number of hydrogen-bond acceptors (Lipinski definition) is 3. The second-order valence-corrected chi connectivity index (χ2v) is 9.60. The van der Waals surface area contributed by atoms with Crippen LogP contribution in [0.2, 0.25) is 10.0 Å². The summed E-state index contributed by atoms with van der Waals surface area (Å²) >= 11 is 14.4. The van der Waals surface area contributed by atoms with Crippen LogP contribution in [-0.4, -0.2) is 28.5 Å². The van der Waals surface area contributed by atoms with E-state index >= 15 is 0 Å². The van der Waals surface area contributed by atoms with Crippen LogP contribution in [0.25, 0.3) is 11.3 Å². The minimum absolute atomic E-state index is 0.258. The highest BCUT2D eigenvalue weighted by molar-refractivity contribution is 7.07. The van der Waals surface area contributed by atoms with Crippen LogP contribution in [0.15, 0.2) is 46.8 Å². The third kappa shape index (κ3) is 5.05. The minimum Gasteiger partial charge on any atom is -0.343 e. The molecule has 4 nitrogen and oxygen atoms in total. The molecule has 162 valence electrons. The van der Waals surface area contributed by atoms with Gasteiger partial charge in [0.2, 0.25) is 5.91 Å². The Hall–Kier alpha value is -2.08. The molecule has 0 saturated carbocycles. The van der Waals surface area contributed by atoms with E-state index in [1.54, 1.807) is 17.4 Å². The normalized spacial score (nSPS) is 14.6. The average molecular weight is 474 g/mol. The third-order valence-electron chi connectivity index (χ3n) is 5.56. The number of amides is 1. The van der Waals surface area contributed by atoms with Crippen molar-refractivity contribution in [2.75, 3.05) is 13.1 Å². The lowest BCUT2D eigenvalue weighted by atomic mass is 10.1. The molecule has 1 amide bonds. The summed E-state index contributed by atoms with van der Waals surface area (Å²) in [4.78, 5) is 19.8. The van der Waals surface area contributed by atoms with Gasteiger partial charge in [-0.15, -0.1) is 11.3 Å². The summed E-state index contributed by atoms with van der Waals surface area (Å²) < 4.78 is 2.20. The largest absolute Gasteiger partial charge is 0.343 e. The summed E-state index contributed by atoms with van der Waals surface area (Å²) in [5.74, 6) is 0.258. The Morgan fingerprint density at radius 2 is 1.94 bits per heavy atom. The molecule has 0 atom stereocenters. The zero-order chi connectivity index (χ0) is 22.0. The zero-order valence-electron chi connectivity index (χ0n) is 17.7. The Balaban J connectivity index is 1.73. The van der Waals surface area contributed by atoms with Crippen molar-refractivity contribution < 1.29 is 4.79 Å². The molecule has 7 heteroatoms. The van der Waals surface area contributed by atoms with Crippen molar-refractivity contribution >= 4 is 46.1 Å². The van der Waals surface area contributed by atoms with Crippen molar-refractivity contribution in [2.45, 2.75) is 39.7 Å². The summed E-state index contributed by atoms with van der Waals surface area (Å²) in [6.07, 6.45) is 2.48. The molecule has 1 fully saturated rings. The quantitative estimate of drug-likeness (QED) is 0.408. The second-order valence-electron chi connectivity index (χ2n) is 7.92. The summed E-state index contributed by atoms with van der Waals surface area (Å²) in [5.41, 5.74) is 5.17. The molecule has 1 saturated heterocycles. The summed E-state index contributed by atoms with van der Waals surface area (Å²) in [6.45, 7) is 6.51. The molecule has 31 heavy (non-hydrogen) atoms. The number of aryl methyl sites for hydroxylation is 2. The molecule has 0 radical (unpaired) electrons. The topological polar surface area (TPSA) is 37.6 Å². The monoisotopic (exact) mass is 473 g/mol. The summed E-state index contributed by atoms with van der Waals surface area (Å²) in [5, 5.41) is 3.39. The fraction of sp³-hybridized carbons (Fsp3) is 0.333. The maximum absolute atomic E-state index is 12.0. The number of benzene rings is 2. The molecule has 4 rings (SSSR count). The smallest absolute Gasteiger partial charge is 0.222 e. The van der Waals surface area contributed by atoms with E-state index in [-0.39, 0.29) is 5.91 Å². The molecule has 0 unspecified atom stereocenters. The molecule has 1 aliphatic rings. The highest BCUT2D eigenvalue weighted by atomic mass is 35.5. The van der Waals surface area contributed by atoms with Crippen LogP contribution in [0.5, 0.6) is 0 Å². The maximum Gasteiger partial charge on any atom is 0.222 e. The van der Waals surface area contributed by atoms with E-state index in [1.165, 1.54) is 5.56 Å². The van der Waals surface area contributed by atoms with E-state index in [2.05, 4.69) is 42.0 Å². The fourth-order valence-corrected chi connectivity index (χ4v) is 5.17. The molecule has 3 aromatic rings. The standard InChI is InChI=1S/C24H25Cl2N3OS/c1-16-6-7-17(2)21(13-16)27-24-29(12-4-11-28-10-3-5-23(28)30)22(15-31-24)19-14-18(25)8-9-20(19)26/h6-9,13-15H,3-5,10-12H2,1-2H3. The van der Waals surface area contributed by atoms with Crippen molar-refractivity contribution in [3.8, 4) is 11.3 Å². The van der Waals surface area contributed by atoms with Gasteiger partial charge >= 0.3 is 0 Å². The number of carbonyl (C=O) groups excluding carboxylic acids is 1. The van der Waals surface area contributed by atoms with E-state index < -0.39 is 0 Å². The lowest BCUT2D eigenvalue weighted by Gasteiger charge is -2.16.